The van der Waals surface area contributed by atoms with Gasteiger partial charge in [0.15, 0.2) is 0 Å². The number of nitrogens with one attached hydrogen (secondary N) is 2. The van der Waals surface area contributed by atoms with Crippen molar-refractivity contribution in [3.8, 4) is 0 Å². The van der Waals surface area contributed by atoms with Gasteiger partial charge in [-0.25, -0.2) is 4.79 Å². The Hall–Kier alpha value is -1.78. The maximum Gasteiger partial charge on any atom is 0.352 e. The van der Waals surface area contributed by atoms with Crippen LogP contribution in [0.2, 0.25) is 0 Å². The largest absolute Gasteiger partial charge is 0.477 e. The van der Waals surface area contributed by atoms with E-state index in [0.717, 1.165) is 11.3 Å². The zero-order valence-electron chi connectivity index (χ0n) is 8.33. The molecule has 0 spiro atoms. The number of carbonyl (C=O) groups is 2. The molecule has 5 heteroatoms. The van der Waals surface area contributed by atoms with Crippen molar-refractivity contribution in [2.24, 2.45) is 0 Å². The number of hydrogen-bond donors (Lipinski definition) is 3. The predicted octanol–water partition coefficient (Wildman–Crippen LogP) is 0.316. The number of carboxylic acid groups (broad SMARTS) is 1. The average molecular weight is 208 g/mol. The summed E-state index contributed by atoms with van der Waals surface area (Å²) in [5.41, 5.74) is 2.14. The maximum atomic E-state index is 10.8. The Morgan fingerprint density at radius 3 is 2.80 bits per heavy atom. The third kappa shape index (κ3) is 1.86. The predicted molar refractivity (Wildman–Crippen MR) is 52.8 cm³/mol. The molecule has 15 heavy (non-hydrogen) atoms. The number of amides is 1. The second kappa shape index (κ2) is 3.42. The Balaban J connectivity index is 2.10. The molecule has 0 saturated heterocycles. The fourth-order valence-electron chi connectivity index (χ4n) is 1.99. The average Bonchev–Trinajstić information content (AvgIpc) is 2.58. The van der Waals surface area contributed by atoms with Crippen LogP contribution >= 0.6 is 0 Å². The smallest absolute Gasteiger partial charge is 0.352 e. The Kier molecular flexibility index (Phi) is 2.22. The molecule has 1 amide bonds. The summed E-state index contributed by atoms with van der Waals surface area (Å²) in [5, 5.41) is 11.6. The lowest BCUT2D eigenvalue weighted by Crippen LogP contribution is -2.33. The van der Waals surface area contributed by atoms with Crippen LogP contribution in [0.4, 0.5) is 0 Å². The summed E-state index contributed by atoms with van der Waals surface area (Å²) in [6, 6.07) is 1.74. The zero-order chi connectivity index (χ0) is 11.0. The monoisotopic (exact) mass is 208 g/mol. The van der Waals surface area contributed by atoms with Gasteiger partial charge in [0, 0.05) is 25.1 Å². The first-order valence-electron chi connectivity index (χ1n) is 4.77. The first kappa shape index (κ1) is 9.76. The van der Waals surface area contributed by atoms with Gasteiger partial charge in [0.05, 0.1) is 0 Å². The molecule has 0 fully saturated rings. The number of aromatic nitrogens is 1. The van der Waals surface area contributed by atoms with E-state index < -0.39 is 5.97 Å². The van der Waals surface area contributed by atoms with E-state index in [0.29, 0.717) is 12.8 Å². The molecule has 1 aromatic heterocycles. The van der Waals surface area contributed by atoms with Crippen LogP contribution in [0, 0.1) is 0 Å². The number of H-pyrrole nitrogens is 1. The van der Waals surface area contributed by atoms with Gasteiger partial charge >= 0.3 is 5.97 Å². The number of hydrogen-bond acceptors (Lipinski definition) is 2. The molecule has 1 aromatic rings. The molecule has 5 nitrogen and oxygen atoms in total. The van der Waals surface area contributed by atoms with Crippen molar-refractivity contribution >= 4 is 11.9 Å². The number of carbonyl (C=O) groups excluding carboxylic acids is 1. The highest BCUT2D eigenvalue weighted by molar-refractivity contribution is 5.86. The van der Waals surface area contributed by atoms with E-state index in [-0.39, 0.29) is 17.6 Å². The van der Waals surface area contributed by atoms with Crippen LogP contribution in [0.3, 0.4) is 0 Å². The molecule has 2 rings (SSSR count). The lowest BCUT2D eigenvalue weighted by Gasteiger charge is -2.09. The molecule has 0 aliphatic heterocycles. The molecule has 1 unspecified atom stereocenters. The summed E-state index contributed by atoms with van der Waals surface area (Å²) in [5.74, 6) is -0.996. The molecular formula is C10H12N2O3. The molecular weight excluding hydrogens is 196 g/mol. The van der Waals surface area contributed by atoms with Crippen LogP contribution in [-0.2, 0) is 17.6 Å². The highest BCUT2D eigenvalue weighted by Crippen LogP contribution is 2.22. The van der Waals surface area contributed by atoms with Gasteiger partial charge in [-0.15, -0.1) is 0 Å². The quantitative estimate of drug-likeness (QED) is 0.654. The molecule has 1 heterocycles. The minimum absolute atomic E-state index is 0.0522. The summed E-state index contributed by atoms with van der Waals surface area (Å²) < 4.78 is 0. The van der Waals surface area contributed by atoms with E-state index in [9.17, 15) is 9.59 Å². The van der Waals surface area contributed by atoms with Crippen molar-refractivity contribution in [3.63, 3.8) is 0 Å². The minimum Gasteiger partial charge on any atom is -0.477 e. The van der Waals surface area contributed by atoms with Crippen LogP contribution in [0.25, 0.3) is 0 Å². The molecule has 0 bridgehead atoms. The second-order valence-corrected chi connectivity index (χ2v) is 3.80. The van der Waals surface area contributed by atoms with E-state index in [1.807, 2.05) is 0 Å². The van der Waals surface area contributed by atoms with Crippen LogP contribution in [0.15, 0.2) is 6.07 Å². The molecule has 3 N–H and O–H groups in total. The van der Waals surface area contributed by atoms with Crippen molar-refractivity contribution in [1.82, 2.24) is 10.3 Å². The highest BCUT2D eigenvalue weighted by atomic mass is 16.4. The summed E-state index contributed by atoms with van der Waals surface area (Å²) >= 11 is 0. The van der Waals surface area contributed by atoms with Gasteiger partial charge in [-0.1, -0.05) is 0 Å². The van der Waals surface area contributed by atoms with Gasteiger partial charge in [-0.3, -0.25) is 4.79 Å². The number of aromatic carboxylic acids is 1. The molecule has 1 atom stereocenters. The molecule has 0 saturated carbocycles. The summed E-state index contributed by atoms with van der Waals surface area (Å²) in [6.45, 7) is 1.48. The van der Waals surface area contributed by atoms with Gasteiger partial charge in [0.25, 0.3) is 0 Å². The summed E-state index contributed by atoms with van der Waals surface area (Å²) in [7, 11) is 0. The van der Waals surface area contributed by atoms with Gasteiger partial charge in [-0.05, 0) is 18.1 Å². The van der Waals surface area contributed by atoms with E-state index >= 15 is 0 Å². The van der Waals surface area contributed by atoms with Gasteiger partial charge < -0.3 is 15.4 Å². The van der Waals surface area contributed by atoms with Crippen LogP contribution in [0.1, 0.15) is 28.7 Å². The third-order valence-corrected chi connectivity index (χ3v) is 2.55. The number of fused-ring (bicyclic) bond motifs is 1. The van der Waals surface area contributed by atoms with Crippen LogP contribution < -0.4 is 5.32 Å². The Morgan fingerprint density at radius 2 is 2.27 bits per heavy atom. The van der Waals surface area contributed by atoms with E-state index in [1.165, 1.54) is 6.92 Å². The van der Waals surface area contributed by atoms with Gasteiger partial charge in [0.2, 0.25) is 5.91 Å². The minimum atomic E-state index is -0.944. The SMILES string of the molecule is CC(=O)NC1Cc2cc(C(=O)O)[nH]c2C1. The van der Waals surface area contributed by atoms with E-state index in [4.69, 9.17) is 5.11 Å². The lowest BCUT2D eigenvalue weighted by molar-refractivity contribution is -0.119. The molecule has 1 aliphatic carbocycles. The van der Waals surface area contributed by atoms with E-state index in [2.05, 4.69) is 10.3 Å². The number of aromatic amines is 1. The Labute approximate surface area is 86.5 Å². The van der Waals surface area contributed by atoms with Crippen molar-refractivity contribution < 1.29 is 14.7 Å². The highest BCUT2D eigenvalue weighted by Gasteiger charge is 2.25. The van der Waals surface area contributed by atoms with Crippen LogP contribution in [-0.4, -0.2) is 28.0 Å². The Morgan fingerprint density at radius 1 is 1.53 bits per heavy atom. The van der Waals surface area contributed by atoms with Crippen molar-refractivity contribution in [1.29, 1.82) is 0 Å². The second-order valence-electron chi connectivity index (χ2n) is 3.80. The van der Waals surface area contributed by atoms with E-state index in [1.54, 1.807) is 6.07 Å². The fourth-order valence-corrected chi connectivity index (χ4v) is 1.99. The maximum absolute atomic E-state index is 10.8. The summed E-state index contributed by atoms with van der Waals surface area (Å²) in [4.78, 5) is 24.3. The fraction of sp³-hybridized carbons (Fsp3) is 0.400. The number of rotatable bonds is 2. The normalized spacial score (nSPS) is 18.6. The molecule has 80 valence electrons. The van der Waals surface area contributed by atoms with Crippen molar-refractivity contribution in [3.05, 3.63) is 23.0 Å². The van der Waals surface area contributed by atoms with Gasteiger partial charge in [-0.2, -0.15) is 0 Å². The first-order chi connectivity index (χ1) is 7.06. The molecule has 0 aromatic carbocycles. The van der Waals surface area contributed by atoms with Crippen molar-refractivity contribution in [2.75, 3.05) is 0 Å². The Bertz CT molecular complexity index is 399. The zero-order valence-corrected chi connectivity index (χ0v) is 8.33. The molecule has 0 radical (unpaired) electrons. The van der Waals surface area contributed by atoms with Crippen LogP contribution in [0.5, 0.6) is 0 Å². The summed E-state index contributed by atoms with van der Waals surface area (Å²) in [6.07, 6.45) is 1.39. The third-order valence-electron chi connectivity index (χ3n) is 2.55. The molecule has 1 aliphatic rings. The van der Waals surface area contributed by atoms with Crippen molar-refractivity contribution in [2.45, 2.75) is 25.8 Å². The standard InChI is InChI=1S/C10H12N2O3/c1-5(13)11-7-2-6-3-9(10(14)15)12-8(6)4-7/h3,7,12H,2,4H2,1H3,(H,11,13)(H,14,15). The number of carboxylic acids is 1. The lowest BCUT2D eigenvalue weighted by atomic mass is 10.2. The topological polar surface area (TPSA) is 82.2 Å². The van der Waals surface area contributed by atoms with Gasteiger partial charge in [0.1, 0.15) is 5.69 Å². The first-order valence-corrected chi connectivity index (χ1v) is 4.77.